The van der Waals surface area contributed by atoms with Crippen molar-refractivity contribution in [3.05, 3.63) is 53.0 Å². The Bertz CT molecular complexity index is 749. The van der Waals surface area contributed by atoms with Crippen molar-refractivity contribution in [3.8, 4) is 5.75 Å². The molecule has 0 spiro atoms. The topological polar surface area (TPSA) is 34.1 Å². The van der Waals surface area contributed by atoms with Crippen LogP contribution in [-0.2, 0) is 0 Å². The number of hydrogen-bond acceptors (Lipinski definition) is 4. The van der Waals surface area contributed by atoms with Crippen LogP contribution in [0.15, 0.2) is 42.5 Å². The predicted molar refractivity (Wildman–Crippen MR) is 89.4 cm³/mol. The van der Waals surface area contributed by atoms with E-state index in [2.05, 4.69) is 47.6 Å². The Kier molecular flexibility index (Phi) is 3.80. The van der Waals surface area contributed by atoms with Gasteiger partial charge in [0.2, 0.25) is 0 Å². The SMILES string of the molecule is COc1ccc(C(C)Nc2ccc3nc(C)sc3c2)cc1. The van der Waals surface area contributed by atoms with Crippen LogP contribution in [0.25, 0.3) is 10.2 Å². The van der Waals surface area contributed by atoms with E-state index in [-0.39, 0.29) is 6.04 Å². The van der Waals surface area contributed by atoms with Gasteiger partial charge in [-0.15, -0.1) is 11.3 Å². The average molecular weight is 298 g/mol. The molecule has 0 aliphatic carbocycles. The first-order chi connectivity index (χ1) is 10.2. The summed E-state index contributed by atoms with van der Waals surface area (Å²) in [6.07, 6.45) is 0. The third kappa shape index (κ3) is 3.00. The maximum atomic E-state index is 5.19. The van der Waals surface area contributed by atoms with Crippen molar-refractivity contribution >= 4 is 27.2 Å². The van der Waals surface area contributed by atoms with Crippen molar-refractivity contribution in [2.24, 2.45) is 0 Å². The molecule has 1 heterocycles. The van der Waals surface area contributed by atoms with Crippen LogP contribution < -0.4 is 10.1 Å². The highest BCUT2D eigenvalue weighted by Gasteiger charge is 2.07. The number of rotatable bonds is 4. The largest absolute Gasteiger partial charge is 0.497 e. The van der Waals surface area contributed by atoms with Crippen molar-refractivity contribution in [3.63, 3.8) is 0 Å². The van der Waals surface area contributed by atoms with Gasteiger partial charge in [-0.25, -0.2) is 4.98 Å². The molecule has 1 atom stereocenters. The van der Waals surface area contributed by atoms with Gasteiger partial charge < -0.3 is 10.1 Å². The van der Waals surface area contributed by atoms with Gasteiger partial charge in [-0.05, 0) is 49.7 Å². The molecule has 0 saturated carbocycles. The minimum Gasteiger partial charge on any atom is -0.497 e. The fourth-order valence-electron chi connectivity index (χ4n) is 2.36. The Morgan fingerprint density at radius 2 is 1.90 bits per heavy atom. The molecule has 3 rings (SSSR count). The van der Waals surface area contributed by atoms with E-state index in [4.69, 9.17) is 4.74 Å². The van der Waals surface area contributed by atoms with E-state index in [1.165, 1.54) is 10.3 Å². The van der Waals surface area contributed by atoms with Crippen LogP contribution in [0.1, 0.15) is 23.5 Å². The smallest absolute Gasteiger partial charge is 0.118 e. The van der Waals surface area contributed by atoms with Gasteiger partial charge in [0.15, 0.2) is 0 Å². The summed E-state index contributed by atoms with van der Waals surface area (Å²) in [6, 6.07) is 14.7. The van der Waals surface area contributed by atoms with Crippen molar-refractivity contribution in [1.29, 1.82) is 0 Å². The molecule has 0 aliphatic heterocycles. The lowest BCUT2D eigenvalue weighted by atomic mass is 10.1. The van der Waals surface area contributed by atoms with Crippen molar-refractivity contribution in [2.75, 3.05) is 12.4 Å². The summed E-state index contributed by atoms with van der Waals surface area (Å²) in [7, 11) is 1.68. The maximum Gasteiger partial charge on any atom is 0.118 e. The summed E-state index contributed by atoms with van der Waals surface area (Å²) < 4.78 is 6.41. The first kappa shape index (κ1) is 13.9. The van der Waals surface area contributed by atoms with Crippen LogP contribution in [0.5, 0.6) is 5.75 Å². The highest BCUT2D eigenvalue weighted by Crippen LogP contribution is 2.27. The summed E-state index contributed by atoms with van der Waals surface area (Å²) in [6.45, 7) is 4.20. The molecule has 0 aliphatic rings. The molecule has 3 nitrogen and oxygen atoms in total. The van der Waals surface area contributed by atoms with Crippen molar-refractivity contribution in [2.45, 2.75) is 19.9 Å². The molecule has 2 aromatic carbocycles. The molecule has 1 unspecified atom stereocenters. The Balaban J connectivity index is 1.79. The van der Waals surface area contributed by atoms with E-state index < -0.39 is 0 Å². The summed E-state index contributed by atoms with van der Waals surface area (Å²) in [5.41, 5.74) is 3.42. The molecule has 3 aromatic rings. The van der Waals surface area contributed by atoms with Crippen molar-refractivity contribution < 1.29 is 4.74 Å². The first-order valence-electron chi connectivity index (χ1n) is 6.93. The molecular weight excluding hydrogens is 280 g/mol. The normalized spacial score (nSPS) is 12.3. The Morgan fingerprint density at radius 3 is 2.62 bits per heavy atom. The number of aryl methyl sites for hydroxylation is 1. The zero-order chi connectivity index (χ0) is 14.8. The van der Waals surface area contributed by atoms with E-state index >= 15 is 0 Å². The summed E-state index contributed by atoms with van der Waals surface area (Å²) in [4.78, 5) is 4.49. The summed E-state index contributed by atoms with van der Waals surface area (Å²) >= 11 is 1.73. The van der Waals surface area contributed by atoms with Crippen molar-refractivity contribution in [1.82, 2.24) is 4.98 Å². The number of benzene rings is 2. The van der Waals surface area contributed by atoms with Crippen LogP contribution in [0.4, 0.5) is 5.69 Å². The van der Waals surface area contributed by atoms with E-state index in [0.717, 1.165) is 22.0 Å². The molecule has 21 heavy (non-hydrogen) atoms. The van der Waals surface area contributed by atoms with Gasteiger partial charge in [0, 0.05) is 11.7 Å². The third-order valence-corrected chi connectivity index (χ3v) is 4.43. The minimum atomic E-state index is 0.238. The summed E-state index contributed by atoms with van der Waals surface area (Å²) in [5, 5.41) is 4.64. The average Bonchev–Trinajstić information content (AvgIpc) is 2.86. The number of thiazole rings is 1. The highest BCUT2D eigenvalue weighted by atomic mass is 32.1. The van der Waals surface area contributed by atoms with Gasteiger partial charge in [-0.2, -0.15) is 0 Å². The number of methoxy groups -OCH3 is 1. The zero-order valence-corrected chi connectivity index (χ0v) is 13.2. The van der Waals surface area contributed by atoms with Crippen LogP contribution in [0.3, 0.4) is 0 Å². The second-order valence-electron chi connectivity index (χ2n) is 5.05. The molecule has 1 N–H and O–H groups in total. The van der Waals surface area contributed by atoms with E-state index in [9.17, 15) is 0 Å². The Labute approximate surface area is 128 Å². The minimum absolute atomic E-state index is 0.238. The predicted octanol–water partition coefficient (Wildman–Crippen LogP) is 4.79. The van der Waals surface area contributed by atoms with Crippen LogP contribution in [-0.4, -0.2) is 12.1 Å². The number of fused-ring (bicyclic) bond motifs is 1. The number of nitrogens with one attached hydrogen (secondary N) is 1. The second kappa shape index (κ2) is 5.74. The lowest BCUT2D eigenvalue weighted by Crippen LogP contribution is -2.06. The van der Waals surface area contributed by atoms with Gasteiger partial charge in [0.05, 0.1) is 22.3 Å². The summed E-state index contributed by atoms with van der Waals surface area (Å²) in [5.74, 6) is 0.882. The Hall–Kier alpha value is -2.07. The first-order valence-corrected chi connectivity index (χ1v) is 7.75. The second-order valence-corrected chi connectivity index (χ2v) is 6.29. The standard InChI is InChI=1S/C17H18N2OS/c1-11(13-4-7-15(20-3)8-5-13)18-14-6-9-16-17(10-14)21-12(2)19-16/h4-11,18H,1-3H3. The molecule has 0 amide bonds. The lowest BCUT2D eigenvalue weighted by molar-refractivity contribution is 0.414. The zero-order valence-electron chi connectivity index (χ0n) is 12.4. The molecule has 0 saturated heterocycles. The van der Waals surface area contributed by atoms with Crippen LogP contribution in [0.2, 0.25) is 0 Å². The molecule has 0 fully saturated rings. The van der Waals surface area contributed by atoms with Gasteiger partial charge in [0.25, 0.3) is 0 Å². The van der Waals surface area contributed by atoms with E-state index in [1.54, 1.807) is 18.4 Å². The van der Waals surface area contributed by atoms with Gasteiger partial charge in [0.1, 0.15) is 5.75 Å². The van der Waals surface area contributed by atoms with E-state index in [1.807, 2.05) is 19.1 Å². The van der Waals surface area contributed by atoms with Crippen LogP contribution in [0, 0.1) is 6.92 Å². The molecular formula is C17H18N2OS. The fraction of sp³-hybridized carbons (Fsp3) is 0.235. The lowest BCUT2D eigenvalue weighted by Gasteiger charge is -2.16. The van der Waals surface area contributed by atoms with Crippen LogP contribution >= 0.6 is 11.3 Å². The molecule has 1 aromatic heterocycles. The van der Waals surface area contributed by atoms with E-state index in [0.29, 0.717) is 0 Å². The quantitative estimate of drug-likeness (QED) is 0.752. The molecule has 4 heteroatoms. The number of aromatic nitrogens is 1. The highest BCUT2D eigenvalue weighted by molar-refractivity contribution is 7.18. The van der Waals surface area contributed by atoms with Gasteiger partial charge in [-0.1, -0.05) is 12.1 Å². The number of anilines is 1. The number of hydrogen-bond donors (Lipinski definition) is 1. The molecule has 108 valence electrons. The van der Waals surface area contributed by atoms with Gasteiger partial charge in [-0.3, -0.25) is 0 Å². The number of nitrogens with zero attached hydrogens (tertiary/aromatic N) is 1. The maximum absolute atomic E-state index is 5.19. The molecule has 0 radical (unpaired) electrons. The Morgan fingerprint density at radius 1 is 1.14 bits per heavy atom. The third-order valence-electron chi connectivity index (χ3n) is 3.49. The monoisotopic (exact) mass is 298 g/mol. The molecule has 0 bridgehead atoms. The number of ether oxygens (including phenoxy) is 1. The fourth-order valence-corrected chi connectivity index (χ4v) is 3.22. The van der Waals surface area contributed by atoms with Gasteiger partial charge >= 0.3 is 0 Å².